The van der Waals surface area contributed by atoms with E-state index in [1.165, 1.54) is 6.07 Å². The quantitative estimate of drug-likeness (QED) is 0.472. The minimum absolute atomic E-state index is 0.0645. The van der Waals surface area contributed by atoms with Gasteiger partial charge in [0.15, 0.2) is 5.82 Å². The first-order chi connectivity index (χ1) is 9.52. The molecule has 7 heteroatoms. The van der Waals surface area contributed by atoms with Crippen molar-refractivity contribution in [2.75, 3.05) is 0 Å². The van der Waals surface area contributed by atoms with Gasteiger partial charge in [-0.25, -0.2) is 0 Å². The maximum atomic E-state index is 10.8. The summed E-state index contributed by atoms with van der Waals surface area (Å²) in [6.07, 6.45) is 1.69. The van der Waals surface area contributed by atoms with Gasteiger partial charge < -0.3 is 4.52 Å². The van der Waals surface area contributed by atoms with Crippen molar-refractivity contribution >= 4 is 17.3 Å². The van der Waals surface area contributed by atoms with Crippen LogP contribution in [-0.4, -0.2) is 15.1 Å². The molecule has 0 aliphatic heterocycles. The van der Waals surface area contributed by atoms with Crippen molar-refractivity contribution in [1.82, 2.24) is 10.1 Å². The van der Waals surface area contributed by atoms with E-state index in [-0.39, 0.29) is 11.1 Å². The van der Waals surface area contributed by atoms with Crippen LogP contribution in [0.4, 0.5) is 5.69 Å². The van der Waals surface area contributed by atoms with Crippen molar-refractivity contribution in [3.05, 3.63) is 39.7 Å². The first-order valence-corrected chi connectivity index (χ1v) is 6.69. The first kappa shape index (κ1) is 14.5. The second-order valence-corrected chi connectivity index (χ2v) is 5.00. The van der Waals surface area contributed by atoms with Gasteiger partial charge in [-0.3, -0.25) is 10.1 Å². The normalized spacial score (nSPS) is 12.3. The van der Waals surface area contributed by atoms with Gasteiger partial charge in [0.25, 0.3) is 11.6 Å². The van der Waals surface area contributed by atoms with E-state index in [1.54, 1.807) is 19.1 Å². The number of aryl methyl sites for hydroxylation is 1. The fourth-order valence-corrected chi connectivity index (χ4v) is 2.16. The lowest BCUT2D eigenvalue weighted by Crippen LogP contribution is -1.93. The van der Waals surface area contributed by atoms with Gasteiger partial charge in [0.2, 0.25) is 0 Å². The number of alkyl halides is 1. The zero-order valence-corrected chi connectivity index (χ0v) is 11.9. The van der Waals surface area contributed by atoms with Crippen molar-refractivity contribution in [1.29, 1.82) is 0 Å². The topological polar surface area (TPSA) is 82.1 Å². The second kappa shape index (κ2) is 6.00. The number of nitro groups is 1. The lowest BCUT2D eigenvalue weighted by Gasteiger charge is -2.00. The molecule has 1 atom stereocenters. The Hall–Kier alpha value is -1.95. The fraction of sp³-hybridized carbons (Fsp3) is 0.385. The standard InChI is InChI=1S/C13H14ClN3O3/c1-3-4-10(14)12-15-13(20-16-12)9-5-6-11(17(18)19)8(2)7-9/h5-7,10H,3-4H2,1-2H3. The first-order valence-electron chi connectivity index (χ1n) is 6.26. The largest absolute Gasteiger partial charge is 0.334 e. The molecule has 2 rings (SSSR count). The highest BCUT2D eigenvalue weighted by molar-refractivity contribution is 6.20. The molecule has 0 saturated carbocycles. The lowest BCUT2D eigenvalue weighted by atomic mass is 10.1. The molecular weight excluding hydrogens is 282 g/mol. The summed E-state index contributed by atoms with van der Waals surface area (Å²) in [5.74, 6) is 0.763. The van der Waals surface area contributed by atoms with Gasteiger partial charge in [0, 0.05) is 17.2 Å². The van der Waals surface area contributed by atoms with Gasteiger partial charge in [-0.2, -0.15) is 4.98 Å². The van der Waals surface area contributed by atoms with Gasteiger partial charge >= 0.3 is 0 Å². The Morgan fingerprint density at radius 1 is 1.50 bits per heavy atom. The van der Waals surface area contributed by atoms with Crippen LogP contribution in [-0.2, 0) is 0 Å². The van der Waals surface area contributed by atoms with Crippen LogP contribution in [0, 0.1) is 17.0 Å². The van der Waals surface area contributed by atoms with Gasteiger partial charge in [-0.1, -0.05) is 18.5 Å². The smallest absolute Gasteiger partial charge is 0.272 e. The van der Waals surface area contributed by atoms with Crippen LogP contribution in [0.15, 0.2) is 22.7 Å². The maximum absolute atomic E-state index is 10.8. The Bertz CT molecular complexity index is 627. The Morgan fingerprint density at radius 2 is 2.25 bits per heavy atom. The highest BCUT2D eigenvalue weighted by atomic mass is 35.5. The summed E-state index contributed by atoms with van der Waals surface area (Å²) in [5, 5.41) is 14.3. The number of halogens is 1. The van der Waals surface area contributed by atoms with Crippen LogP contribution in [0.3, 0.4) is 0 Å². The summed E-state index contributed by atoms with van der Waals surface area (Å²) in [7, 11) is 0. The predicted molar refractivity (Wildman–Crippen MR) is 74.6 cm³/mol. The van der Waals surface area contributed by atoms with E-state index in [4.69, 9.17) is 16.1 Å². The molecule has 1 heterocycles. The van der Waals surface area contributed by atoms with Crippen LogP contribution in [0.2, 0.25) is 0 Å². The molecule has 0 N–H and O–H groups in total. The molecule has 0 amide bonds. The van der Waals surface area contributed by atoms with E-state index >= 15 is 0 Å². The van der Waals surface area contributed by atoms with Crippen LogP contribution >= 0.6 is 11.6 Å². The molecule has 106 valence electrons. The van der Waals surface area contributed by atoms with Gasteiger partial charge in [0.05, 0.1) is 10.3 Å². The van der Waals surface area contributed by atoms with E-state index in [2.05, 4.69) is 10.1 Å². The zero-order valence-electron chi connectivity index (χ0n) is 11.2. The molecule has 1 unspecified atom stereocenters. The minimum atomic E-state index is -0.422. The van der Waals surface area contributed by atoms with Crippen LogP contribution in [0.5, 0.6) is 0 Å². The van der Waals surface area contributed by atoms with Gasteiger partial charge in [-0.15, -0.1) is 11.6 Å². The van der Waals surface area contributed by atoms with Crippen molar-refractivity contribution in [3.8, 4) is 11.5 Å². The molecule has 2 aromatic rings. The average molecular weight is 296 g/mol. The number of benzene rings is 1. The molecule has 20 heavy (non-hydrogen) atoms. The minimum Gasteiger partial charge on any atom is -0.334 e. The Balaban J connectivity index is 2.28. The van der Waals surface area contributed by atoms with E-state index < -0.39 is 4.92 Å². The number of nitro benzene ring substituents is 1. The molecule has 0 spiro atoms. The van der Waals surface area contributed by atoms with E-state index in [0.29, 0.717) is 22.8 Å². The SMILES string of the molecule is CCCC(Cl)c1noc(-c2ccc([N+](=O)[O-])c(C)c2)n1. The molecule has 1 aromatic carbocycles. The third-order valence-corrected chi connectivity index (χ3v) is 3.32. The molecule has 0 aliphatic rings. The van der Waals surface area contributed by atoms with Crippen molar-refractivity contribution in [2.24, 2.45) is 0 Å². The summed E-state index contributed by atoms with van der Waals surface area (Å²) in [6.45, 7) is 3.69. The fourth-order valence-electron chi connectivity index (χ4n) is 1.86. The maximum Gasteiger partial charge on any atom is 0.272 e. The third kappa shape index (κ3) is 2.96. The molecule has 0 saturated heterocycles. The highest BCUT2D eigenvalue weighted by Gasteiger charge is 2.18. The van der Waals surface area contributed by atoms with E-state index in [0.717, 1.165) is 12.8 Å². The summed E-state index contributed by atoms with van der Waals surface area (Å²) in [4.78, 5) is 14.6. The average Bonchev–Trinajstić information content (AvgIpc) is 2.88. The summed E-state index contributed by atoms with van der Waals surface area (Å²) in [6, 6.07) is 4.67. The summed E-state index contributed by atoms with van der Waals surface area (Å²) < 4.78 is 5.16. The van der Waals surface area contributed by atoms with Crippen LogP contribution in [0.1, 0.15) is 36.5 Å². The molecule has 0 radical (unpaired) electrons. The number of nitrogens with zero attached hydrogens (tertiary/aromatic N) is 3. The van der Waals surface area contributed by atoms with Crippen LogP contribution < -0.4 is 0 Å². The monoisotopic (exact) mass is 295 g/mol. The Morgan fingerprint density at radius 3 is 2.85 bits per heavy atom. The summed E-state index contributed by atoms with van der Waals surface area (Å²) in [5.41, 5.74) is 1.25. The number of hydrogen-bond acceptors (Lipinski definition) is 5. The Labute approximate surface area is 120 Å². The van der Waals surface area contributed by atoms with E-state index in [1.807, 2.05) is 6.92 Å². The van der Waals surface area contributed by atoms with Gasteiger partial charge in [-0.05, 0) is 25.5 Å². The van der Waals surface area contributed by atoms with Crippen molar-refractivity contribution in [2.45, 2.75) is 32.1 Å². The lowest BCUT2D eigenvalue weighted by molar-refractivity contribution is -0.385. The second-order valence-electron chi connectivity index (χ2n) is 4.47. The number of hydrogen-bond donors (Lipinski definition) is 0. The third-order valence-electron chi connectivity index (χ3n) is 2.90. The molecule has 1 aromatic heterocycles. The molecule has 6 nitrogen and oxygen atoms in total. The van der Waals surface area contributed by atoms with Crippen LogP contribution in [0.25, 0.3) is 11.5 Å². The number of aromatic nitrogens is 2. The zero-order chi connectivity index (χ0) is 14.7. The predicted octanol–water partition coefficient (Wildman–Crippen LogP) is 4.03. The van der Waals surface area contributed by atoms with Crippen molar-refractivity contribution in [3.63, 3.8) is 0 Å². The summed E-state index contributed by atoms with van der Waals surface area (Å²) >= 11 is 6.13. The van der Waals surface area contributed by atoms with Crippen molar-refractivity contribution < 1.29 is 9.45 Å². The molecule has 0 bridgehead atoms. The Kier molecular flexibility index (Phi) is 4.34. The molecule has 0 fully saturated rings. The van der Waals surface area contributed by atoms with E-state index in [9.17, 15) is 10.1 Å². The number of rotatable bonds is 5. The molecular formula is C13H14ClN3O3. The molecule has 0 aliphatic carbocycles. The highest BCUT2D eigenvalue weighted by Crippen LogP contribution is 2.28. The van der Waals surface area contributed by atoms with Gasteiger partial charge in [0.1, 0.15) is 0 Å².